The molecule has 1 atom stereocenters. The van der Waals surface area contributed by atoms with Crippen LogP contribution in [0.15, 0.2) is 42.6 Å². The van der Waals surface area contributed by atoms with E-state index in [4.69, 9.17) is 24.7 Å². The average Bonchev–Trinajstić information content (AvgIpc) is 2.79. The van der Waals surface area contributed by atoms with Gasteiger partial charge in [0.25, 0.3) is 5.91 Å². The molecule has 0 aliphatic heterocycles. The number of esters is 1. The smallest absolute Gasteiger partial charge is 0.305 e. The molecule has 0 fully saturated rings. The third kappa shape index (κ3) is 12.4. The summed E-state index contributed by atoms with van der Waals surface area (Å²) in [6.07, 6.45) is 2.73. The van der Waals surface area contributed by atoms with Gasteiger partial charge in [-0.2, -0.15) is 0 Å². The lowest BCUT2D eigenvalue weighted by molar-refractivity contribution is -0.145. The zero-order valence-corrected chi connectivity index (χ0v) is 19.4. The molecule has 0 spiro atoms. The Morgan fingerprint density at radius 1 is 1.12 bits per heavy atom. The number of ether oxygens (including phenoxy) is 4. The summed E-state index contributed by atoms with van der Waals surface area (Å²) in [7, 11) is 3.09. The van der Waals surface area contributed by atoms with E-state index in [9.17, 15) is 14.7 Å². The number of primary amides is 1. The molecule has 1 aromatic carbocycles. The van der Waals surface area contributed by atoms with Crippen LogP contribution in [0.4, 0.5) is 0 Å². The number of carbonyl (C=O) groups is 2. The molecule has 0 bridgehead atoms. The normalized spacial score (nSPS) is 10.4. The van der Waals surface area contributed by atoms with E-state index in [1.54, 1.807) is 14.0 Å². The van der Waals surface area contributed by atoms with Crippen LogP contribution >= 0.6 is 0 Å². The third-order valence-electron chi connectivity index (χ3n) is 3.60. The van der Waals surface area contributed by atoms with Crippen LogP contribution in [0.25, 0.3) is 0 Å². The number of benzene rings is 1. The van der Waals surface area contributed by atoms with Crippen LogP contribution < -0.4 is 15.2 Å². The number of nitrogens with zero attached hydrogens (tertiary/aromatic N) is 1. The minimum absolute atomic E-state index is 0.122. The Labute approximate surface area is 189 Å². The van der Waals surface area contributed by atoms with Crippen molar-refractivity contribution in [3.05, 3.63) is 48.3 Å². The highest BCUT2D eigenvalue weighted by atomic mass is 16.6. The highest BCUT2D eigenvalue weighted by Gasteiger charge is 2.12. The minimum atomic E-state index is -0.786. The molecule has 0 saturated heterocycles. The lowest BCUT2D eigenvalue weighted by atomic mass is 10.3. The minimum Gasteiger partial charge on any atom is -0.503 e. The summed E-state index contributed by atoms with van der Waals surface area (Å²) in [6, 6.07) is 10.9. The first-order valence-corrected chi connectivity index (χ1v) is 10.2. The number of hydrogen-bond acceptors (Lipinski definition) is 8. The van der Waals surface area contributed by atoms with Gasteiger partial charge in [-0.25, -0.2) is 4.98 Å². The van der Waals surface area contributed by atoms with E-state index < -0.39 is 5.91 Å². The van der Waals surface area contributed by atoms with E-state index >= 15 is 0 Å². The van der Waals surface area contributed by atoms with E-state index in [2.05, 4.69) is 11.9 Å². The molecule has 2 rings (SSSR count). The summed E-state index contributed by atoms with van der Waals surface area (Å²) < 4.78 is 19.9. The Bertz CT molecular complexity index is 783. The Morgan fingerprint density at radius 2 is 1.78 bits per heavy atom. The van der Waals surface area contributed by atoms with Crippen LogP contribution in [0.2, 0.25) is 0 Å². The molecule has 0 radical (unpaired) electrons. The Morgan fingerprint density at radius 3 is 2.25 bits per heavy atom. The van der Waals surface area contributed by atoms with Crippen molar-refractivity contribution in [2.45, 2.75) is 39.7 Å². The second-order valence-corrected chi connectivity index (χ2v) is 6.35. The molecule has 1 heterocycles. The first kappa shape index (κ1) is 28.7. The Hall–Kier alpha value is -3.33. The number of hydrogen-bond donors (Lipinski definition) is 2. The van der Waals surface area contributed by atoms with Gasteiger partial charge >= 0.3 is 5.97 Å². The van der Waals surface area contributed by atoms with Crippen molar-refractivity contribution in [1.29, 1.82) is 0 Å². The number of pyridine rings is 1. The highest BCUT2D eigenvalue weighted by molar-refractivity contribution is 5.94. The highest BCUT2D eigenvalue weighted by Crippen LogP contribution is 2.26. The van der Waals surface area contributed by atoms with Gasteiger partial charge in [-0.3, -0.25) is 9.59 Å². The number of rotatable bonds is 9. The molecule has 1 amide bonds. The molecule has 2 aromatic rings. The van der Waals surface area contributed by atoms with Crippen molar-refractivity contribution >= 4 is 11.9 Å². The standard InChI is InChI=1S/C12H16O3.C7H8N2O3.C4H10O/c1-3-12(13)14-9-10(2)15-11-7-5-4-6-8-11;1-12-4-2-3-9-5(6(4)10)7(8)11;1-3-4-5-2/h4-8,10H,3,9H2,1-2H3;2-3,10H,1H3,(H2,8,11);3-4H2,1-2H3. The van der Waals surface area contributed by atoms with Crippen molar-refractivity contribution in [3.8, 4) is 17.2 Å². The maximum atomic E-state index is 10.9. The zero-order chi connectivity index (χ0) is 24.4. The van der Waals surface area contributed by atoms with Gasteiger partial charge in [-0.15, -0.1) is 0 Å². The quantitative estimate of drug-likeness (QED) is 0.556. The summed E-state index contributed by atoms with van der Waals surface area (Å²) in [6.45, 7) is 6.91. The summed E-state index contributed by atoms with van der Waals surface area (Å²) in [5.41, 5.74) is 4.74. The summed E-state index contributed by atoms with van der Waals surface area (Å²) >= 11 is 0. The van der Waals surface area contributed by atoms with Crippen LogP contribution in [-0.4, -0.2) is 55.5 Å². The molecule has 3 N–H and O–H groups in total. The van der Waals surface area contributed by atoms with Gasteiger partial charge in [0, 0.05) is 32.4 Å². The van der Waals surface area contributed by atoms with Crippen LogP contribution in [0.1, 0.15) is 44.1 Å². The molecule has 0 aliphatic carbocycles. The molecule has 1 aromatic heterocycles. The molecule has 0 aliphatic rings. The van der Waals surface area contributed by atoms with Crippen molar-refractivity contribution in [2.24, 2.45) is 5.73 Å². The van der Waals surface area contributed by atoms with E-state index in [-0.39, 0.29) is 29.3 Å². The maximum Gasteiger partial charge on any atom is 0.305 e. The molecular weight excluding hydrogens is 416 g/mol. The van der Waals surface area contributed by atoms with Gasteiger partial charge < -0.3 is 29.8 Å². The second kappa shape index (κ2) is 17.4. The van der Waals surface area contributed by atoms with Crippen molar-refractivity contribution < 1.29 is 33.6 Å². The molecular formula is C23H34N2O7. The monoisotopic (exact) mass is 450 g/mol. The van der Waals surface area contributed by atoms with E-state index in [1.165, 1.54) is 19.4 Å². The molecule has 32 heavy (non-hydrogen) atoms. The van der Waals surface area contributed by atoms with Crippen LogP contribution in [0.5, 0.6) is 17.2 Å². The maximum absolute atomic E-state index is 10.9. The fraction of sp³-hybridized carbons (Fsp3) is 0.435. The summed E-state index contributed by atoms with van der Waals surface area (Å²) in [4.78, 5) is 25.1. The summed E-state index contributed by atoms with van der Waals surface area (Å²) in [5.74, 6) is -0.339. The van der Waals surface area contributed by atoms with Crippen molar-refractivity contribution in [2.75, 3.05) is 27.4 Å². The third-order valence-corrected chi connectivity index (χ3v) is 3.60. The van der Waals surface area contributed by atoms with Crippen LogP contribution in [0.3, 0.4) is 0 Å². The van der Waals surface area contributed by atoms with Crippen molar-refractivity contribution in [3.63, 3.8) is 0 Å². The van der Waals surface area contributed by atoms with Gasteiger partial charge in [-0.05, 0) is 25.5 Å². The second-order valence-electron chi connectivity index (χ2n) is 6.35. The lowest BCUT2D eigenvalue weighted by Gasteiger charge is -2.14. The van der Waals surface area contributed by atoms with Gasteiger partial charge in [0.1, 0.15) is 18.5 Å². The zero-order valence-electron chi connectivity index (χ0n) is 19.4. The molecule has 178 valence electrons. The molecule has 1 unspecified atom stereocenters. The molecule has 0 saturated carbocycles. The first-order chi connectivity index (χ1) is 15.3. The Balaban J connectivity index is 0.000000505. The van der Waals surface area contributed by atoms with Crippen molar-refractivity contribution in [1.82, 2.24) is 4.98 Å². The van der Waals surface area contributed by atoms with Crippen LogP contribution in [0, 0.1) is 0 Å². The fourth-order valence-electron chi connectivity index (χ4n) is 2.06. The largest absolute Gasteiger partial charge is 0.503 e. The van der Waals surface area contributed by atoms with Gasteiger partial charge in [0.2, 0.25) is 0 Å². The number of aromatic hydroxyl groups is 1. The number of nitrogens with two attached hydrogens (primary N) is 1. The van der Waals surface area contributed by atoms with Gasteiger partial charge in [-0.1, -0.05) is 32.0 Å². The fourth-order valence-corrected chi connectivity index (χ4v) is 2.06. The number of para-hydroxylation sites is 1. The SMILES string of the molecule is CCC(=O)OCC(C)Oc1ccccc1.CCCOC.COc1ccnc(C(N)=O)c1O. The van der Waals surface area contributed by atoms with E-state index in [0.717, 1.165) is 18.8 Å². The molecule has 9 heteroatoms. The van der Waals surface area contributed by atoms with E-state index in [0.29, 0.717) is 13.0 Å². The molecule has 9 nitrogen and oxygen atoms in total. The van der Waals surface area contributed by atoms with Crippen LogP contribution in [-0.2, 0) is 14.3 Å². The predicted octanol–water partition coefficient (Wildman–Crippen LogP) is 3.34. The summed E-state index contributed by atoms with van der Waals surface area (Å²) in [5, 5.41) is 9.27. The van der Waals surface area contributed by atoms with Gasteiger partial charge in [0.15, 0.2) is 17.2 Å². The predicted molar refractivity (Wildman–Crippen MR) is 121 cm³/mol. The average molecular weight is 451 g/mol. The first-order valence-electron chi connectivity index (χ1n) is 10.2. The Kier molecular flexibility index (Phi) is 15.6. The van der Waals surface area contributed by atoms with E-state index in [1.807, 2.05) is 37.3 Å². The lowest BCUT2D eigenvalue weighted by Crippen LogP contribution is -2.21. The number of carbonyl (C=O) groups excluding carboxylic acids is 2. The topological polar surface area (TPSA) is 130 Å². The number of amides is 1. The van der Waals surface area contributed by atoms with Gasteiger partial charge in [0.05, 0.1) is 7.11 Å². The number of aromatic nitrogens is 1. The number of methoxy groups -OCH3 is 2.